The van der Waals surface area contributed by atoms with Gasteiger partial charge >= 0.3 is 5.97 Å². The van der Waals surface area contributed by atoms with Crippen LogP contribution in [0, 0.1) is 6.92 Å². The van der Waals surface area contributed by atoms with Gasteiger partial charge in [-0.15, -0.1) is 11.3 Å². The van der Waals surface area contributed by atoms with E-state index in [4.69, 9.17) is 5.11 Å². The zero-order valence-electron chi connectivity index (χ0n) is 10.4. The Bertz CT molecular complexity index is 868. The van der Waals surface area contributed by atoms with Crippen molar-refractivity contribution in [3.8, 4) is 5.13 Å². The quantitative estimate of drug-likeness (QED) is 0.777. The van der Waals surface area contributed by atoms with Gasteiger partial charge in [-0.2, -0.15) is 0 Å². The zero-order chi connectivity index (χ0) is 14.3. The van der Waals surface area contributed by atoms with Crippen LogP contribution in [0.2, 0.25) is 0 Å². The largest absolute Gasteiger partial charge is 0.477 e. The summed E-state index contributed by atoms with van der Waals surface area (Å²) in [6, 6.07) is 3.28. The number of hydrogen-bond acceptors (Lipinski definition) is 5. The van der Waals surface area contributed by atoms with Crippen LogP contribution < -0.4 is 5.43 Å². The molecule has 3 aromatic rings. The number of nitrogens with zero attached hydrogens (tertiary/aromatic N) is 3. The van der Waals surface area contributed by atoms with Crippen LogP contribution in [0.3, 0.4) is 0 Å². The summed E-state index contributed by atoms with van der Waals surface area (Å²) in [4.78, 5) is 31.8. The van der Waals surface area contributed by atoms with Gasteiger partial charge in [-0.1, -0.05) is 0 Å². The summed E-state index contributed by atoms with van der Waals surface area (Å²) in [5, 5.41) is 11.8. The number of hydrogen-bond donors (Lipinski definition) is 1. The SMILES string of the molecule is Cc1ccc2c(=O)c(C(=O)O)cn(-c3nccs3)c2n1. The maximum Gasteiger partial charge on any atom is 0.341 e. The summed E-state index contributed by atoms with van der Waals surface area (Å²) in [5.74, 6) is -1.26. The highest BCUT2D eigenvalue weighted by atomic mass is 32.1. The van der Waals surface area contributed by atoms with Gasteiger partial charge in [-0.3, -0.25) is 9.36 Å². The minimum absolute atomic E-state index is 0.269. The number of pyridine rings is 2. The second kappa shape index (κ2) is 4.53. The van der Waals surface area contributed by atoms with E-state index < -0.39 is 11.4 Å². The maximum atomic E-state index is 12.2. The van der Waals surface area contributed by atoms with Gasteiger partial charge in [0.1, 0.15) is 11.2 Å². The second-order valence-corrected chi connectivity index (χ2v) is 5.06. The Hall–Kier alpha value is -2.54. The number of carbonyl (C=O) groups is 1. The summed E-state index contributed by atoms with van der Waals surface area (Å²) in [6.07, 6.45) is 2.89. The Labute approximate surface area is 117 Å². The average Bonchev–Trinajstić information content (AvgIpc) is 2.92. The Kier molecular flexibility index (Phi) is 2.83. The molecule has 0 aliphatic carbocycles. The molecule has 3 rings (SSSR count). The molecule has 0 radical (unpaired) electrons. The monoisotopic (exact) mass is 287 g/mol. The Morgan fingerprint density at radius 3 is 2.85 bits per heavy atom. The van der Waals surface area contributed by atoms with Gasteiger partial charge in [0.2, 0.25) is 5.43 Å². The summed E-state index contributed by atoms with van der Waals surface area (Å²) in [5.41, 5.74) is 0.325. The third kappa shape index (κ3) is 1.88. The molecule has 0 aliphatic rings. The van der Waals surface area contributed by atoms with Crippen LogP contribution in [-0.4, -0.2) is 25.6 Å². The lowest BCUT2D eigenvalue weighted by molar-refractivity contribution is 0.0695. The maximum absolute atomic E-state index is 12.2. The minimum atomic E-state index is -1.26. The van der Waals surface area contributed by atoms with E-state index in [2.05, 4.69) is 9.97 Å². The highest BCUT2D eigenvalue weighted by molar-refractivity contribution is 7.12. The number of carboxylic acid groups (broad SMARTS) is 1. The van der Waals surface area contributed by atoms with E-state index >= 15 is 0 Å². The number of rotatable bonds is 2. The van der Waals surface area contributed by atoms with E-state index in [1.807, 2.05) is 0 Å². The molecular formula is C13H9N3O3S. The molecule has 0 aromatic carbocycles. The molecule has 3 aromatic heterocycles. The van der Waals surface area contributed by atoms with Crippen molar-refractivity contribution in [2.24, 2.45) is 0 Å². The molecule has 0 spiro atoms. The molecule has 0 bridgehead atoms. The lowest BCUT2D eigenvalue weighted by atomic mass is 10.2. The second-order valence-electron chi connectivity index (χ2n) is 4.19. The minimum Gasteiger partial charge on any atom is -0.477 e. The predicted molar refractivity (Wildman–Crippen MR) is 74.7 cm³/mol. The van der Waals surface area contributed by atoms with Crippen LogP contribution in [0.1, 0.15) is 16.1 Å². The molecule has 1 N–H and O–H groups in total. The van der Waals surface area contributed by atoms with Crippen molar-refractivity contribution in [3.63, 3.8) is 0 Å². The number of fused-ring (bicyclic) bond motifs is 1. The van der Waals surface area contributed by atoms with Gasteiger partial charge in [0.05, 0.1) is 5.39 Å². The van der Waals surface area contributed by atoms with Crippen molar-refractivity contribution in [1.29, 1.82) is 0 Å². The van der Waals surface area contributed by atoms with E-state index in [1.54, 1.807) is 30.6 Å². The molecule has 7 heteroatoms. The molecule has 0 atom stereocenters. The lowest BCUT2D eigenvalue weighted by Gasteiger charge is -2.09. The fraction of sp³-hybridized carbons (Fsp3) is 0.0769. The molecule has 0 saturated carbocycles. The molecule has 0 fully saturated rings. The normalized spacial score (nSPS) is 10.8. The van der Waals surface area contributed by atoms with Gasteiger partial charge in [0.15, 0.2) is 5.13 Å². The molecule has 6 nitrogen and oxygen atoms in total. The molecule has 0 saturated heterocycles. The average molecular weight is 287 g/mol. The molecule has 0 aliphatic heterocycles. The number of aromatic nitrogens is 3. The van der Waals surface area contributed by atoms with Crippen molar-refractivity contribution >= 4 is 28.3 Å². The van der Waals surface area contributed by atoms with Crippen LogP contribution >= 0.6 is 11.3 Å². The van der Waals surface area contributed by atoms with Crippen molar-refractivity contribution in [2.45, 2.75) is 6.92 Å². The van der Waals surface area contributed by atoms with Crippen LogP contribution in [0.5, 0.6) is 0 Å². The zero-order valence-corrected chi connectivity index (χ0v) is 11.2. The molecule has 0 amide bonds. The lowest BCUT2D eigenvalue weighted by Crippen LogP contribution is -2.19. The van der Waals surface area contributed by atoms with Gasteiger partial charge in [0, 0.05) is 23.5 Å². The Morgan fingerprint density at radius 1 is 1.40 bits per heavy atom. The van der Waals surface area contributed by atoms with Gasteiger partial charge in [-0.05, 0) is 19.1 Å². The van der Waals surface area contributed by atoms with Crippen molar-refractivity contribution in [2.75, 3.05) is 0 Å². The first kappa shape index (κ1) is 12.5. The van der Waals surface area contributed by atoms with E-state index in [9.17, 15) is 9.59 Å². The molecular weight excluding hydrogens is 278 g/mol. The van der Waals surface area contributed by atoms with E-state index in [0.29, 0.717) is 10.8 Å². The van der Waals surface area contributed by atoms with E-state index in [-0.39, 0.29) is 10.9 Å². The highest BCUT2D eigenvalue weighted by Gasteiger charge is 2.17. The fourth-order valence-electron chi connectivity index (χ4n) is 1.93. The van der Waals surface area contributed by atoms with Gasteiger partial charge in [-0.25, -0.2) is 14.8 Å². The van der Waals surface area contributed by atoms with Gasteiger partial charge in [0.25, 0.3) is 0 Å². The Morgan fingerprint density at radius 2 is 2.20 bits per heavy atom. The molecule has 20 heavy (non-hydrogen) atoms. The third-order valence-corrected chi connectivity index (χ3v) is 3.62. The van der Waals surface area contributed by atoms with E-state index in [0.717, 1.165) is 5.69 Å². The number of carboxylic acids is 1. The van der Waals surface area contributed by atoms with Crippen LogP contribution in [0.4, 0.5) is 0 Å². The third-order valence-electron chi connectivity index (χ3n) is 2.85. The summed E-state index contributed by atoms with van der Waals surface area (Å²) >= 11 is 1.34. The number of aryl methyl sites for hydroxylation is 1. The van der Waals surface area contributed by atoms with Crippen LogP contribution in [-0.2, 0) is 0 Å². The number of aromatic carboxylic acids is 1. The summed E-state index contributed by atoms with van der Waals surface area (Å²) in [7, 11) is 0. The van der Waals surface area contributed by atoms with Crippen molar-refractivity contribution in [1.82, 2.24) is 14.5 Å². The van der Waals surface area contributed by atoms with E-state index in [1.165, 1.54) is 22.1 Å². The fourth-order valence-corrected chi connectivity index (χ4v) is 2.55. The van der Waals surface area contributed by atoms with Crippen LogP contribution in [0.25, 0.3) is 16.2 Å². The summed E-state index contributed by atoms with van der Waals surface area (Å²) in [6.45, 7) is 1.81. The predicted octanol–water partition coefficient (Wildman–Crippen LogP) is 1.85. The highest BCUT2D eigenvalue weighted by Crippen LogP contribution is 2.18. The van der Waals surface area contributed by atoms with Gasteiger partial charge < -0.3 is 5.11 Å². The molecule has 0 unspecified atom stereocenters. The first-order chi connectivity index (χ1) is 9.58. The van der Waals surface area contributed by atoms with Crippen LogP contribution in [0.15, 0.2) is 34.7 Å². The first-order valence-corrected chi connectivity index (χ1v) is 6.62. The topological polar surface area (TPSA) is 85.1 Å². The summed E-state index contributed by atoms with van der Waals surface area (Å²) < 4.78 is 1.54. The van der Waals surface area contributed by atoms with Crippen molar-refractivity contribution < 1.29 is 9.90 Å². The smallest absolute Gasteiger partial charge is 0.341 e. The number of thiazole rings is 1. The standard InChI is InChI=1S/C13H9N3O3S/c1-7-2-3-8-10(17)9(12(18)19)6-16(11(8)15-7)13-14-4-5-20-13/h2-6H,1H3,(H,18,19). The Balaban J connectivity index is 2.49. The molecule has 3 heterocycles. The van der Waals surface area contributed by atoms with Crippen molar-refractivity contribution in [3.05, 3.63) is 51.4 Å². The first-order valence-electron chi connectivity index (χ1n) is 5.74. The molecule has 100 valence electrons.